The summed E-state index contributed by atoms with van der Waals surface area (Å²) in [4.78, 5) is 41.4. The number of aromatic nitrogens is 1. The van der Waals surface area contributed by atoms with Crippen molar-refractivity contribution in [2.24, 2.45) is 5.92 Å². The third kappa shape index (κ3) is 8.21. The van der Waals surface area contributed by atoms with Crippen LogP contribution >= 0.6 is 0 Å². The number of hydrogen-bond donors (Lipinski definition) is 2. The van der Waals surface area contributed by atoms with Crippen molar-refractivity contribution in [1.82, 2.24) is 14.8 Å². The first-order valence-corrected chi connectivity index (χ1v) is 16.9. The van der Waals surface area contributed by atoms with E-state index in [1.165, 1.54) is 13.8 Å². The predicted molar refractivity (Wildman–Crippen MR) is 180 cm³/mol. The Morgan fingerprint density at radius 1 is 1.06 bits per heavy atom. The fourth-order valence-electron chi connectivity index (χ4n) is 7.25. The Morgan fingerprint density at radius 3 is 2.21 bits per heavy atom. The van der Waals surface area contributed by atoms with Gasteiger partial charge in [-0.3, -0.25) is 19.3 Å². The molecule has 4 atom stereocenters. The largest absolute Gasteiger partial charge is 0.481 e. The number of hydrogen-bond acceptors (Lipinski definition) is 5. The van der Waals surface area contributed by atoms with Crippen LogP contribution in [0.3, 0.4) is 0 Å². The van der Waals surface area contributed by atoms with Crippen LogP contribution in [0.2, 0.25) is 0 Å². The van der Waals surface area contributed by atoms with Gasteiger partial charge in [-0.25, -0.2) is 13.2 Å². The second-order valence-electron chi connectivity index (χ2n) is 14.0. The molecule has 1 aromatic heterocycles. The lowest BCUT2D eigenvalue weighted by Gasteiger charge is -2.47. The van der Waals surface area contributed by atoms with E-state index >= 15 is 8.78 Å². The van der Waals surface area contributed by atoms with Crippen LogP contribution in [0.25, 0.3) is 11.1 Å². The highest BCUT2D eigenvalue weighted by Crippen LogP contribution is 2.38. The van der Waals surface area contributed by atoms with Crippen molar-refractivity contribution >= 4 is 11.9 Å². The first-order chi connectivity index (χ1) is 24.4. The number of carboxylic acid groups (broad SMARTS) is 1. The van der Waals surface area contributed by atoms with E-state index in [9.17, 15) is 37.1 Å². The van der Waals surface area contributed by atoms with Gasteiger partial charge in [-0.15, -0.1) is 6.42 Å². The van der Waals surface area contributed by atoms with Crippen molar-refractivity contribution < 1.29 is 45.8 Å². The van der Waals surface area contributed by atoms with Crippen LogP contribution in [0, 0.1) is 49.6 Å². The minimum atomic E-state index is -4.88. The van der Waals surface area contributed by atoms with Gasteiger partial charge in [-0.05, 0) is 73.1 Å². The maximum Gasteiger partial charge on any atom is 0.416 e. The number of morpholine rings is 1. The highest BCUT2D eigenvalue weighted by Gasteiger charge is 2.40. The standard InChI is InChI=1S/C38H39F6N3O5/c1-6-22-12-27(33-20(4)10-24(39)11-21(33)5)36(41)34(35(22)40)29(15-32(49)50)45-37(51)30(9-19(2)3)47-16-23(28(14-31(47)48)38(42,43)44)7-8-46-17-25-13-26(18-46)52-25/h1,10-12,14,16,19,25-26,29-30H,7-9,13,15,17-18H2,2-5H3,(H,45,51)(H,49,50)/t25?,26?,29-,30+/m0/s1. The fourth-order valence-corrected chi connectivity index (χ4v) is 7.25. The molecule has 0 radical (unpaired) electrons. The average molecular weight is 732 g/mol. The molecular formula is C38H39F6N3O5. The molecule has 2 N–H and O–H groups in total. The van der Waals surface area contributed by atoms with Crippen molar-refractivity contribution in [3.05, 3.63) is 91.6 Å². The minimum absolute atomic E-state index is 0.0171. The number of aliphatic carboxylic acids is 1. The van der Waals surface area contributed by atoms with Gasteiger partial charge in [-0.1, -0.05) is 19.8 Å². The summed E-state index contributed by atoms with van der Waals surface area (Å²) in [6.07, 6.45) is 1.35. The molecule has 3 aliphatic heterocycles. The molecule has 1 amide bonds. The maximum absolute atomic E-state index is 16.5. The molecule has 6 rings (SSSR count). The molecule has 3 aromatic rings. The lowest BCUT2D eigenvalue weighted by atomic mass is 9.89. The van der Waals surface area contributed by atoms with Gasteiger partial charge in [0.05, 0.1) is 35.8 Å². The Balaban J connectivity index is 1.56. The number of fused-ring (bicyclic) bond motifs is 2. The molecule has 4 heterocycles. The number of pyridine rings is 1. The number of nitrogens with zero attached hydrogens (tertiary/aromatic N) is 2. The molecule has 0 saturated carbocycles. The van der Waals surface area contributed by atoms with Gasteiger partial charge in [0.2, 0.25) is 5.91 Å². The van der Waals surface area contributed by atoms with Crippen LogP contribution < -0.4 is 10.9 Å². The van der Waals surface area contributed by atoms with E-state index in [1.807, 2.05) is 4.90 Å². The first kappa shape index (κ1) is 38.6. The molecule has 0 spiro atoms. The van der Waals surface area contributed by atoms with Gasteiger partial charge in [-0.2, -0.15) is 13.2 Å². The molecule has 2 aromatic carbocycles. The number of amides is 1. The molecule has 2 unspecified atom stereocenters. The second kappa shape index (κ2) is 15.2. The highest BCUT2D eigenvalue weighted by atomic mass is 19.4. The number of rotatable bonds is 12. The van der Waals surface area contributed by atoms with Crippen LogP contribution in [0.15, 0.2) is 35.3 Å². The molecule has 14 heteroatoms. The lowest BCUT2D eigenvalue weighted by molar-refractivity contribution is -0.180. The zero-order valence-electron chi connectivity index (χ0n) is 29.0. The Hall–Kier alpha value is -4.61. The maximum atomic E-state index is 16.5. The summed E-state index contributed by atoms with van der Waals surface area (Å²) in [5.74, 6) is -4.00. The van der Waals surface area contributed by atoms with Gasteiger partial charge < -0.3 is 19.7 Å². The summed E-state index contributed by atoms with van der Waals surface area (Å²) >= 11 is 0. The Morgan fingerprint density at radius 2 is 1.67 bits per heavy atom. The Kier molecular flexibility index (Phi) is 11.3. The van der Waals surface area contributed by atoms with E-state index in [0.29, 0.717) is 19.2 Å². The number of carbonyl (C=O) groups excluding carboxylic acids is 1. The number of alkyl halides is 3. The number of terminal acetylenes is 1. The van der Waals surface area contributed by atoms with Crippen LogP contribution in [-0.4, -0.2) is 58.3 Å². The van der Waals surface area contributed by atoms with Crippen molar-refractivity contribution in [2.45, 2.75) is 83.8 Å². The van der Waals surface area contributed by atoms with Gasteiger partial charge >= 0.3 is 12.1 Å². The van der Waals surface area contributed by atoms with E-state index in [1.54, 1.807) is 13.8 Å². The number of nitrogens with one attached hydrogen (secondary N) is 1. The summed E-state index contributed by atoms with van der Waals surface area (Å²) < 4.78 is 95.6. The number of carbonyl (C=O) groups is 2. The summed E-state index contributed by atoms with van der Waals surface area (Å²) in [6.45, 7) is 7.73. The van der Waals surface area contributed by atoms with Crippen LogP contribution in [0.5, 0.6) is 0 Å². The normalized spacial score (nSPS) is 18.4. The SMILES string of the molecule is C#Cc1cc(-c2c(C)cc(F)cc2C)c(F)c([C@H](CC(=O)O)NC(=O)[C@@H](CC(C)C)n2cc(CCN3CC4CC(C3)O4)c(C(F)(F)F)cc2=O)c1F. The number of halogens is 6. The summed E-state index contributed by atoms with van der Waals surface area (Å²) in [7, 11) is 0. The van der Waals surface area contributed by atoms with E-state index in [-0.39, 0.29) is 65.3 Å². The molecule has 3 fully saturated rings. The lowest BCUT2D eigenvalue weighted by Crippen LogP contribution is -2.57. The smallest absolute Gasteiger partial charge is 0.416 e. The number of ether oxygens (including phenoxy) is 1. The number of carboxylic acids is 1. The number of benzene rings is 2. The van der Waals surface area contributed by atoms with Gasteiger partial charge in [0.25, 0.3) is 5.56 Å². The third-order valence-corrected chi connectivity index (χ3v) is 9.53. The molecule has 3 aliphatic rings. The third-order valence-electron chi connectivity index (χ3n) is 9.53. The van der Waals surface area contributed by atoms with Gasteiger partial charge in [0, 0.05) is 49.4 Å². The zero-order chi connectivity index (χ0) is 38.2. The zero-order valence-corrected chi connectivity index (χ0v) is 29.0. The van der Waals surface area contributed by atoms with E-state index in [0.717, 1.165) is 35.4 Å². The molecule has 2 bridgehead atoms. The van der Waals surface area contributed by atoms with Gasteiger partial charge in [0.15, 0.2) is 0 Å². The summed E-state index contributed by atoms with van der Waals surface area (Å²) in [5.41, 5.74) is -3.40. The molecular weight excluding hydrogens is 692 g/mol. The highest BCUT2D eigenvalue weighted by molar-refractivity contribution is 5.82. The van der Waals surface area contributed by atoms with Crippen LogP contribution in [0.1, 0.15) is 78.6 Å². The molecule has 3 saturated heterocycles. The molecule has 0 aliphatic carbocycles. The number of piperidine rings is 1. The molecule has 52 heavy (non-hydrogen) atoms. The van der Waals surface area contributed by atoms with Crippen LogP contribution in [0.4, 0.5) is 26.3 Å². The average Bonchev–Trinajstić information content (AvgIpc) is 3.02. The van der Waals surface area contributed by atoms with Crippen molar-refractivity contribution in [3.8, 4) is 23.5 Å². The monoisotopic (exact) mass is 731 g/mol. The van der Waals surface area contributed by atoms with Gasteiger partial charge in [0.1, 0.15) is 23.5 Å². The summed E-state index contributed by atoms with van der Waals surface area (Å²) in [6, 6.07) is 0.344. The Bertz CT molecular complexity index is 1950. The van der Waals surface area contributed by atoms with E-state index in [4.69, 9.17) is 11.2 Å². The predicted octanol–water partition coefficient (Wildman–Crippen LogP) is 6.48. The fraction of sp³-hybridized carbons (Fsp3) is 0.447. The van der Waals surface area contributed by atoms with Crippen molar-refractivity contribution in [1.29, 1.82) is 0 Å². The summed E-state index contributed by atoms with van der Waals surface area (Å²) in [5, 5.41) is 12.2. The van der Waals surface area contributed by atoms with Crippen LogP contribution in [-0.2, 0) is 26.9 Å². The first-order valence-electron chi connectivity index (χ1n) is 16.9. The second-order valence-corrected chi connectivity index (χ2v) is 14.0. The number of aryl methyl sites for hydroxylation is 2. The van der Waals surface area contributed by atoms with Crippen molar-refractivity contribution in [2.75, 3.05) is 19.6 Å². The van der Waals surface area contributed by atoms with Crippen molar-refractivity contribution in [3.63, 3.8) is 0 Å². The molecule has 8 nitrogen and oxygen atoms in total. The minimum Gasteiger partial charge on any atom is -0.481 e. The van der Waals surface area contributed by atoms with E-state index in [2.05, 4.69) is 11.2 Å². The quantitative estimate of drug-likeness (QED) is 0.163. The Labute approximate surface area is 296 Å². The molecule has 278 valence electrons. The van der Waals surface area contributed by atoms with E-state index < -0.39 is 76.3 Å². The topological polar surface area (TPSA) is 101 Å².